The lowest BCUT2D eigenvalue weighted by atomic mass is 9.80. The van der Waals surface area contributed by atoms with Crippen molar-refractivity contribution in [1.82, 2.24) is 24.8 Å². The molecule has 0 aliphatic carbocycles. The molecule has 160 valence electrons. The van der Waals surface area contributed by atoms with Crippen LogP contribution in [-0.4, -0.2) is 84.1 Å². The van der Waals surface area contributed by atoms with E-state index in [1.54, 1.807) is 18.7 Å². The van der Waals surface area contributed by atoms with Crippen LogP contribution in [0, 0.1) is 5.41 Å². The van der Waals surface area contributed by atoms with Gasteiger partial charge in [0.15, 0.2) is 0 Å². The fourth-order valence-electron chi connectivity index (χ4n) is 4.31. The summed E-state index contributed by atoms with van der Waals surface area (Å²) in [7, 11) is 3.94. The molecule has 1 amide bonds. The lowest BCUT2D eigenvalue weighted by Gasteiger charge is -2.44. The van der Waals surface area contributed by atoms with E-state index in [2.05, 4.69) is 36.7 Å². The molecule has 30 heavy (non-hydrogen) atoms. The topological polar surface area (TPSA) is 81.6 Å². The maximum atomic E-state index is 13.5. The highest BCUT2D eigenvalue weighted by Gasteiger charge is 2.41. The van der Waals surface area contributed by atoms with Crippen molar-refractivity contribution in [3.05, 3.63) is 30.9 Å². The van der Waals surface area contributed by atoms with Crippen LogP contribution in [-0.2, 0) is 4.79 Å². The molecule has 1 atom stereocenters. The fraction of sp³-hybridized carbons (Fsp3) is 0.571. The third kappa shape index (κ3) is 4.15. The van der Waals surface area contributed by atoms with Crippen molar-refractivity contribution in [3.63, 3.8) is 0 Å². The van der Waals surface area contributed by atoms with Gasteiger partial charge in [0.1, 0.15) is 18.0 Å². The van der Waals surface area contributed by atoms with Crippen molar-refractivity contribution >= 4 is 23.5 Å². The molecule has 0 saturated carbocycles. The van der Waals surface area contributed by atoms with Gasteiger partial charge in [-0.3, -0.25) is 4.79 Å². The average Bonchev–Trinajstić information content (AvgIpc) is 2.79. The Morgan fingerprint density at radius 2 is 1.73 bits per heavy atom. The number of anilines is 3. The lowest BCUT2D eigenvalue weighted by Crippen LogP contribution is -2.56. The molecular weight excluding hydrogens is 380 g/mol. The summed E-state index contributed by atoms with van der Waals surface area (Å²) in [5.74, 6) is 2.74. The van der Waals surface area contributed by atoms with Gasteiger partial charge in [0, 0.05) is 71.8 Å². The molecule has 0 aromatic carbocycles. The number of amides is 1. The number of hydrogen-bond donors (Lipinski definition) is 0. The Hall–Kier alpha value is -2.97. The van der Waals surface area contributed by atoms with Crippen molar-refractivity contribution in [1.29, 1.82) is 0 Å². The van der Waals surface area contributed by atoms with Gasteiger partial charge in [-0.15, -0.1) is 0 Å². The number of rotatable bonds is 4. The number of aromatic nitrogens is 4. The van der Waals surface area contributed by atoms with Crippen molar-refractivity contribution < 1.29 is 4.79 Å². The van der Waals surface area contributed by atoms with E-state index in [0.717, 1.165) is 50.1 Å². The van der Waals surface area contributed by atoms with E-state index in [9.17, 15) is 4.79 Å². The Kier molecular flexibility index (Phi) is 5.69. The minimum Gasteiger partial charge on any atom is -0.363 e. The van der Waals surface area contributed by atoms with E-state index in [1.807, 2.05) is 36.0 Å². The number of carbonyl (C=O) groups is 1. The van der Waals surface area contributed by atoms with E-state index in [-0.39, 0.29) is 5.91 Å². The second-order valence-electron chi connectivity index (χ2n) is 8.54. The van der Waals surface area contributed by atoms with E-state index in [4.69, 9.17) is 0 Å². The average molecular weight is 411 g/mol. The first-order chi connectivity index (χ1) is 14.5. The van der Waals surface area contributed by atoms with E-state index in [1.165, 1.54) is 0 Å². The summed E-state index contributed by atoms with van der Waals surface area (Å²) in [5.41, 5.74) is -0.410. The van der Waals surface area contributed by atoms with Crippen molar-refractivity contribution in [2.45, 2.75) is 19.8 Å². The molecule has 0 N–H and O–H groups in total. The zero-order valence-electron chi connectivity index (χ0n) is 18.0. The second-order valence-corrected chi connectivity index (χ2v) is 8.54. The Morgan fingerprint density at radius 3 is 2.43 bits per heavy atom. The highest BCUT2D eigenvalue weighted by molar-refractivity contribution is 5.83. The van der Waals surface area contributed by atoms with Crippen LogP contribution in [0.25, 0.3) is 0 Å². The SMILES string of the molecule is CN(C)c1cc(N2CCC[C@@](C)(C(=O)N3CCN(c4ncccn4)CC3)C2)ncn1. The van der Waals surface area contributed by atoms with Crippen LogP contribution in [0.3, 0.4) is 0 Å². The van der Waals surface area contributed by atoms with Crippen LogP contribution in [0.2, 0.25) is 0 Å². The molecule has 0 bridgehead atoms. The van der Waals surface area contributed by atoms with Gasteiger partial charge >= 0.3 is 0 Å². The highest BCUT2D eigenvalue weighted by atomic mass is 16.2. The molecule has 4 heterocycles. The summed E-state index contributed by atoms with van der Waals surface area (Å²) in [6.45, 7) is 6.60. The molecule has 9 heteroatoms. The molecule has 2 aromatic heterocycles. The van der Waals surface area contributed by atoms with Gasteiger partial charge in [0.05, 0.1) is 5.41 Å². The van der Waals surface area contributed by atoms with Gasteiger partial charge in [-0.1, -0.05) is 0 Å². The Balaban J connectivity index is 1.42. The number of nitrogens with zero attached hydrogens (tertiary/aromatic N) is 8. The zero-order valence-corrected chi connectivity index (χ0v) is 18.0. The Labute approximate surface area is 177 Å². The van der Waals surface area contributed by atoms with Gasteiger partial charge in [0.25, 0.3) is 0 Å². The summed E-state index contributed by atoms with van der Waals surface area (Å²) in [4.78, 5) is 39.3. The fourth-order valence-corrected chi connectivity index (χ4v) is 4.31. The molecule has 2 aromatic rings. The van der Waals surface area contributed by atoms with Crippen molar-refractivity contribution in [2.75, 3.05) is 68.1 Å². The molecule has 0 unspecified atom stereocenters. The van der Waals surface area contributed by atoms with Crippen LogP contribution in [0.4, 0.5) is 17.6 Å². The molecule has 2 aliphatic heterocycles. The molecular formula is C21H30N8O. The third-order valence-electron chi connectivity index (χ3n) is 6.04. The quantitative estimate of drug-likeness (QED) is 0.746. The predicted molar refractivity (Wildman–Crippen MR) is 117 cm³/mol. The molecule has 0 radical (unpaired) electrons. The summed E-state index contributed by atoms with van der Waals surface area (Å²) < 4.78 is 0. The van der Waals surface area contributed by atoms with Crippen LogP contribution >= 0.6 is 0 Å². The number of piperazine rings is 1. The standard InChI is InChI=1S/C21H30N8O/c1-21(6-4-9-29(15-21)18-14-17(26(2)3)24-16-25-18)19(30)27-10-12-28(13-11-27)20-22-7-5-8-23-20/h5,7-8,14,16H,4,6,9-13,15H2,1-3H3/t21-/m1/s1. The maximum absolute atomic E-state index is 13.5. The molecule has 2 aliphatic rings. The van der Waals surface area contributed by atoms with Crippen LogP contribution < -0.4 is 14.7 Å². The highest BCUT2D eigenvalue weighted by Crippen LogP contribution is 2.34. The van der Waals surface area contributed by atoms with Crippen molar-refractivity contribution in [3.8, 4) is 0 Å². The van der Waals surface area contributed by atoms with E-state index < -0.39 is 5.41 Å². The number of piperidine rings is 1. The largest absolute Gasteiger partial charge is 0.363 e. The Morgan fingerprint density at radius 1 is 1.00 bits per heavy atom. The molecule has 0 spiro atoms. The minimum atomic E-state index is -0.410. The third-order valence-corrected chi connectivity index (χ3v) is 6.04. The van der Waals surface area contributed by atoms with E-state index in [0.29, 0.717) is 19.6 Å². The second kappa shape index (κ2) is 8.41. The number of hydrogen-bond acceptors (Lipinski definition) is 8. The predicted octanol–water partition coefficient (Wildman–Crippen LogP) is 1.29. The van der Waals surface area contributed by atoms with E-state index >= 15 is 0 Å². The zero-order chi connectivity index (χ0) is 21.1. The molecule has 2 saturated heterocycles. The van der Waals surface area contributed by atoms with Crippen LogP contribution in [0.15, 0.2) is 30.9 Å². The van der Waals surface area contributed by atoms with Gasteiger partial charge in [-0.05, 0) is 25.8 Å². The molecule has 9 nitrogen and oxygen atoms in total. The van der Waals surface area contributed by atoms with Crippen molar-refractivity contribution in [2.24, 2.45) is 5.41 Å². The van der Waals surface area contributed by atoms with Gasteiger partial charge < -0.3 is 19.6 Å². The van der Waals surface area contributed by atoms with Gasteiger partial charge in [0.2, 0.25) is 11.9 Å². The van der Waals surface area contributed by atoms with Gasteiger partial charge in [-0.25, -0.2) is 19.9 Å². The first-order valence-corrected chi connectivity index (χ1v) is 10.5. The Bertz CT molecular complexity index is 868. The molecule has 2 fully saturated rings. The van der Waals surface area contributed by atoms with Crippen LogP contribution in [0.1, 0.15) is 19.8 Å². The summed E-state index contributed by atoms with van der Waals surface area (Å²) in [5, 5.41) is 0. The van der Waals surface area contributed by atoms with Crippen LogP contribution in [0.5, 0.6) is 0 Å². The smallest absolute Gasteiger partial charge is 0.230 e. The summed E-state index contributed by atoms with van der Waals surface area (Å²) >= 11 is 0. The first-order valence-electron chi connectivity index (χ1n) is 10.5. The summed E-state index contributed by atoms with van der Waals surface area (Å²) in [6.07, 6.45) is 6.99. The lowest BCUT2D eigenvalue weighted by molar-refractivity contribution is -0.142. The number of carbonyl (C=O) groups excluding carboxylic acids is 1. The minimum absolute atomic E-state index is 0.239. The van der Waals surface area contributed by atoms with Gasteiger partial charge in [-0.2, -0.15) is 0 Å². The molecule has 4 rings (SSSR count). The summed E-state index contributed by atoms with van der Waals surface area (Å²) in [6, 6.07) is 3.81. The maximum Gasteiger partial charge on any atom is 0.230 e. The normalized spacial score (nSPS) is 22.2. The monoisotopic (exact) mass is 410 g/mol. The first kappa shape index (κ1) is 20.3.